The van der Waals surface area contributed by atoms with Gasteiger partial charge in [-0.3, -0.25) is 0 Å². The van der Waals surface area contributed by atoms with Gasteiger partial charge in [0.25, 0.3) is 0 Å². The average Bonchev–Trinajstić information content (AvgIpc) is 3.04. The topological polar surface area (TPSA) is 12.0 Å². The van der Waals surface area contributed by atoms with E-state index in [4.69, 9.17) is 11.6 Å². The van der Waals surface area contributed by atoms with Gasteiger partial charge in [-0.25, -0.2) is 0 Å². The van der Waals surface area contributed by atoms with Crippen LogP contribution in [0.25, 0.3) is 0 Å². The third kappa shape index (κ3) is 2.79. The predicted molar refractivity (Wildman–Crippen MR) is 72.3 cm³/mol. The zero-order valence-corrected chi connectivity index (χ0v) is 11.6. The van der Waals surface area contributed by atoms with Gasteiger partial charge in [-0.2, -0.15) is 0 Å². The Kier molecular flexibility index (Phi) is 4.28. The van der Waals surface area contributed by atoms with Crippen LogP contribution in [0.2, 0.25) is 5.02 Å². The van der Waals surface area contributed by atoms with E-state index in [1.165, 1.54) is 24.1 Å². The van der Waals surface area contributed by atoms with Crippen LogP contribution in [0, 0.1) is 11.8 Å². The van der Waals surface area contributed by atoms with Gasteiger partial charge in [0, 0.05) is 10.9 Å². The monoisotopic (exact) mass is 257 g/mol. The molecule has 1 aliphatic rings. The Bertz CT molecular complexity index is 332. The van der Waals surface area contributed by atoms with Gasteiger partial charge in [0.15, 0.2) is 0 Å². The lowest BCUT2D eigenvalue weighted by molar-refractivity contribution is 0.354. The van der Waals surface area contributed by atoms with Crippen LogP contribution in [0.1, 0.15) is 44.0 Å². The summed E-state index contributed by atoms with van der Waals surface area (Å²) in [6, 6.07) is 2.47. The van der Waals surface area contributed by atoms with E-state index in [0.29, 0.717) is 12.0 Å². The van der Waals surface area contributed by atoms with E-state index >= 15 is 0 Å². The third-order valence-corrected chi connectivity index (χ3v) is 4.87. The Hall–Kier alpha value is -0.0500. The van der Waals surface area contributed by atoms with Crippen molar-refractivity contribution >= 4 is 22.9 Å². The standard InChI is InChI=1S/C13H20ClNS/c1-3-7-15-12(9(2)10-4-5-10)13-11(14)6-8-16-13/h6,8-10,12,15H,3-5,7H2,1-2H3. The molecule has 2 unspecified atom stereocenters. The predicted octanol–water partition coefficient (Wildman–Crippen LogP) is 4.49. The molecule has 90 valence electrons. The van der Waals surface area contributed by atoms with Gasteiger partial charge in [-0.15, -0.1) is 11.3 Å². The number of rotatable bonds is 6. The minimum atomic E-state index is 0.458. The summed E-state index contributed by atoms with van der Waals surface area (Å²) in [5, 5.41) is 6.69. The van der Waals surface area contributed by atoms with Gasteiger partial charge >= 0.3 is 0 Å². The zero-order valence-electron chi connectivity index (χ0n) is 10.0. The number of nitrogens with one attached hydrogen (secondary N) is 1. The van der Waals surface area contributed by atoms with E-state index in [2.05, 4.69) is 24.5 Å². The molecule has 2 rings (SSSR count). The van der Waals surface area contributed by atoms with Crippen molar-refractivity contribution in [1.82, 2.24) is 5.32 Å². The first kappa shape index (κ1) is 12.4. The summed E-state index contributed by atoms with van der Waals surface area (Å²) in [7, 11) is 0. The summed E-state index contributed by atoms with van der Waals surface area (Å²) < 4.78 is 0. The fourth-order valence-corrected chi connectivity index (χ4v) is 3.60. The van der Waals surface area contributed by atoms with E-state index < -0.39 is 0 Å². The number of hydrogen-bond acceptors (Lipinski definition) is 2. The number of thiophene rings is 1. The second-order valence-electron chi connectivity index (χ2n) is 4.76. The van der Waals surface area contributed by atoms with Crippen molar-refractivity contribution in [3.8, 4) is 0 Å². The molecule has 0 aliphatic heterocycles. The average molecular weight is 258 g/mol. The zero-order chi connectivity index (χ0) is 11.5. The number of hydrogen-bond donors (Lipinski definition) is 1. The molecule has 1 heterocycles. The van der Waals surface area contributed by atoms with Crippen molar-refractivity contribution < 1.29 is 0 Å². The highest BCUT2D eigenvalue weighted by atomic mass is 35.5. The molecule has 1 fully saturated rings. The van der Waals surface area contributed by atoms with Gasteiger partial charge in [0.05, 0.1) is 5.02 Å². The minimum Gasteiger partial charge on any atom is -0.309 e. The molecule has 1 saturated carbocycles. The molecule has 0 bridgehead atoms. The Morgan fingerprint density at radius 2 is 2.31 bits per heavy atom. The molecule has 1 N–H and O–H groups in total. The summed E-state index contributed by atoms with van der Waals surface area (Å²) in [5.74, 6) is 1.62. The lowest BCUT2D eigenvalue weighted by atomic mass is 9.95. The molecule has 2 atom stereocenters. The first-order valence-corrected chi connectivity index (χ1v) is 7.46. The SMILES string of the molecule is CCCNC(c1sccc1Cl)C(C)C1CC1. The highest BCUT2D eigenvalue weighted by Crippen LogP contribution is 2.45. The van der Waals surface area contributed by atoms with Crippen LogP contribution < -0.4 is 5.32 Å². The normalized spacial score (nSPS) is 19.7. The molecule has 1 aromatic heterocycles. The van der Waals surface area contributed by atoms with Crippen molar-refractivity contribution in [2.24, 2.45) is 11.8 Å². The summed E-state index contributed by atoms with van der Waals surface area (Å²) in [4.78, 5) is 1.33. The highest BCUT2D eigenvalue weighted by Gasteiger charge is 2.34. The lowest BCUT2D eigenvalue weighted by Gasteiger charge is -2.24. The molecule has 1 nitrogen and oxygen atoms in total. The van der Waals surface area contributed by atoms with Gasteiger partial charge in [-0.1, -0.05) is 25.4 Å². The summed E-state index contributed by atoms with van der Waals surface area (Å²) in [6.45, 7) is 5.65. The minimum absolute atomic E-state index is 0.458. The summed E-state index contributed by atoms with van der Waals surface area (Å²) in [6.07, 6.45) is 3.97. The van der Waals surface area contributed by atoms with Crippen LogP contribution in [0.4, 0.5) is 0 Å². The molecule has 16 heavy (non-hydrogen) atoms. The highest BCUT2D eigenvalue weighted by molar-refractivity contribution is 7.10. The van der Waals surface area contributed by atoms with Crippen molar-refractivity contribution in [2.45, 2.75) is 39.2 Å². The number of halogens is 1. The van der Waals surface area contributed by atoms with E-state index in [1.54, 1.807) is 11.3 Å². The van der Waals surface area contributed by atoms with Crippen LogP contribution in [-0.2, 0) is 0 Å². The Morgan fingerprint density at radius 1 is 1.56 bits per heavy atom. The largest absolute Gasteiger partial charge is 0.309 e. The molecule has 1 aliphatic carbocycles. The smallest absolute Gasteiger partial charge is 0.0561 e. The summed E-state index contributed by atoms with van der Waals surface area (Å²) >= 11 is 8.04. The Balaban J connectivity index is 2.10. The maximum Gasteiger partial charge on any atom is 0.0561 e. The van der Waals surface area contributed by atoms with Crippen LogP contribution >= 0.6 is 22.9 Å². The van der Waals surface area contributed by atoms with Crippen molar-refractivity contribution in [1.29, 1.82) is 0 Å². The van der Waals surface area contributed by atoms with E-state index in [1.807, 2.05) is 6.07 Å². The van der Waals surface area contributed by atoms with Gasteiger partial charge in [0.2, 0.25) is 0 Å². The molecular formula is C13H20ClNS. The molecule has 0 saturated heterocycles. The van der Waals surface area contributed by atoms with Crippen LogP contribution in [0.5, 0.6) is 0 Å². The molecule has 1 aromatic rings. The molecule has 0 aromatic carbocycles. The van der Waals surface area contributed by atoms with Gasteiger partial charge in [0.1, 0.15) is 0 Å². The fourth-order valence-electron chi connectivity index (χ4n) is 2.24. The van der Waals surface area contributed by atoms with E-state index in [-0.39, 0.29) is 0 Å². The lowest BCUT2D eigenvalue weighted by Crippen LogP contribution is -2.28. The quantitative estimate of drug-likeness (QED) is 0.792. The van der Waals surface area contributed by atoms with Crippen LogP contribution in [-0.4, -0.2) is 6.54 Å². The maximum atomic E-state index is 6.25. The Morgan fingerprint density at radius 3 is 2.81 bits per heavy atom. The third-order valence-electron chi connectivity index (χ3n) is 3.43. The second-order valence-corrected chi connectivity index (χ2v) is 6.12. The molecule has 0 amide bonds. The van der Waals surface area contributed by atoms with Crippen molar-refractivity contribution in [3.05, 3.63) is 21.3 Å². The van der Waals surface area contributed by atoms with E-state index in [0.717, 1.165) is 17.5 Å². The van der Waals surface area contributed by atoms with Crippen LogP contribution in [0.3, 0.4) is 0 Å². The van der Waals surface area contributed by atoms with Gasteiger partial charge in [-0.05, 0) is 49.1 Å². The fraction of sp³-hybridized carbons (Fsp3) is 0.692. The van der Waals surface area contributed by atoms with Crippen LogP contribution in [0.15, 0.2) is 11.4 Å². The Labute approximate surface area is 107 Å². The summed E-state index contributed by atoms with van der Waals surface area (Å²) in [5.41, 5.74) is 0. The molecule has 3 heteroatoms. The molecule has 0 radical (unpaired) electrons. The molecular weight excluding hydrogens is 238 g/mol. The maximum absolute atomic E-state index is 6.25. The van der Waals surface area contributed by atoms with Crippen molar-refractivity contribution in [3.63, 3.8) is 0 Å². The molecule has 0 spiro atoms. The first-order valence-electron chi connectivity index (χ1n) is 6.20. The first-order chi connectivity index (χ1) is 7.74. The van der Waals surface area contributed by atoms with E-state index in [9.17, 15) is 0 Å². The van der Waals surface area contributed by atoms with Gasteiger partial charge < -0.3 is 5.32 Å². The second kappa shape index (κ2) is 5.52. The van der Waals surface area contributed by atoms with Crippen molar-refractivity contribution in [2.75, 3.05) is 6.54 Å².